The van der Waals surface area contributed by atoms with Crippen LogP contribution < -0.4 is 5.73 Å². The van der Waals surface area contributed by atoms with Crippen molar-refractivity contribution in [2.24, 2.45) is 10.1 Å². The molecule has 0 aromatic heterocycles. The molecule has 0 unspecified atom stereocenters. The summed E-state index contributed by atoms with van der Waals surface area (Å²) < 4.78 is 21.5. The van der Waals surface area contributed by atoms with Crippen molar-refractivity contribution in [1.82, 2.24) is 0 Å². The summed E-state index contributed by atoms with van der Waals surface area (Å²) in [6.07, 6.45) is 0. The largest absolute Gasteiger partial charge is 0.312 e. The van der Waals surface area contributed by atoms with Crippen LogP contribution in [0.25, 0.3) is 0 Å². The Balaban J connectivity index is 3.78. The molecule has 0 aliphatic heterocycles. The summed E-state index contributed by atoms with van der Waals surface area (Å²) >= 11 is 0. The Morgan fingerprint density at radius 3 is 2.17 bits per heavy atom. The first kappa shape index (κ1) is 5.58. The Morgan fingerprint density at radius 1 is 1.67 bits per heavy atom. The van der Waals surface area contributed by atoms with Crippen LogP contribution in [-0.4, -0.2) is 15.1 Å². The lowest BCUT2D eigenvalue weighted by Crippen LogP contribution is -1.91. The highest BCUT2D eigenvalue weighted by atomic mass is 32.2. The third-order valence-corrected chi connectivity index (χ3v) is 0.540. The molecule has 0 atom stereocenters. The molecule has 0 saturated heterocycles. The molecule has 0 radical (unpaired) electrons. The number of hydrogen-bond donors (Lipinski definition) is 1. The minimum absolute atomic E-state index is 0.157. The van der Waals surface area contributed by atoms with Crippen molar-refractivity contribution in [3.05, 3.63) is 0 Å². The average Bonchev–Trinajstić information content (AvgIpc) is 1.35. The second-order valence-corrected chi connectivity index (χ2v) is 1.22. The molecule has 0 rings (SSSR count). The second-order valence-electron chi connectivity index (χ2n) is 0.529. The highest BCUT2D eigenvalue weighted by molar-refractivity contribution is 7.61. The van der Waals surface area contributed by atoms with Gasteiger partial charge in [-0.3, -0.25) is 0 Å². The summed E-state index contributed by atoms with van der Waals surface area (Å²) in [7, 11) is -2.32. The van der Waals surface area contributed by atoms with E-state index in [0.29, 0.717) is 0 Å². The lowest BCUT2D eigenvalue weighted by Gasteiger charge is -1.61. The Morgan fingerprint density at radius 2 is 2.17 bits per heavy atom. The van der Waals surface area contributed by atoms with Gasteiger partial charge < -0.3 is 5.73 Å². The molecule has 0 aromatic carbocycles. The van der Waals surface area contributed by atoms with E-state index < -0.39 is 10.5 Å². The summed E-state index contributed by atoms with van der Waals surface area (Å²) in [6, 6.07) is 0. The second kappa shape index (κ2) is 2.80. The van der Waals surface area contributed by atoms with E-state index in [2.05, 4.69) is 10.1 Å². The number of nitrogens with zero attached hydrogens (tertiary/aromatic N) is 1. The van der Waals surface area contributed by atoms with E-state index in [1.165, 1.54) is 0 Å². The molecule has 0 amide bonds. The maximum atomic E-state index is 9.35. The lowest BCUT2D eigenvalue weighted by atomic mass is 11.3. The molecule has 0 fully saturated rings. The predicted octanol–water partition coefficient (Wildman–Crippen LogP) is -1.03. The summed E-state index contributed by atoms with van der Waals surface area (Å²) in [5, 5.41) is 0. The number of hydrogen-bond acceptors (Lipinski definition) is 4. The van der Waals surface area contributed by atoms with Gasteiger partial charge in [-0.2, -0.15) is 12.8 Å². The van der Waals surface area contributed by atoms with E-state index >= 15 is 0 Å². The summed E-state index contributed by atoms with van der Waals surface area (Å²) in [5.74, 6) is 0. The topological polar surface area (TPSA) is 72.5 Å². The van der Waals surface area contributed by atoms with Crippen LogP contribution in [0, 0.1) is 0 Å². The van der Waals surface area contributed by atoms with E-state index in [0.717, 1.165) is 0 Å². The third-order valence-electron chi connectivity index (χ3n) is 0.180. The Labute approximate surface area is 36.7 Å². The van der Waals surface area contributed by atoms with Crippen molar-refractivity contribution in [2.75, 3.05) is 6.67 Å². The van der Waals surface area contributed by atoms with Gasteiger partial charge in [0.15, 0.2) is 0 Å². The maximum absolute atomic E-state index is 9.35. The summed E-state index contributed by atoms with van der Waals surface area (Å²) in [4.78, 5) is 0. The number of nitrogens with two attached hydrogens (primary N) is 1. The minimum atomic E-state index is -2.32. The zero-order valence-electron chi connectivity index (χ0n) is 2.96. The van der Waals surface area contributed by atoms with Crippen molar-refractivity contribution in [1.29, 1.82) is 0 Å². The maximum Gasteiger partial charge on any atom is 0.312 e. The normalized spacial score (nSPS) is 7.50. The first-order valence-electron chi connectivity index (χ1n) is 1.24. The molecule has 0 aliphatic carbocycles. The molecule has 2 N–H and O–H groups in total. The van der Waals surface area contributed by atoms with E-state index in [9.17, 15) is 8.42 Å². The van der Waals surface area contributed by atoms with Crippen LogP contribution in [0.3, 0.4) is 0 Å². The Bertz CT molecular complexity index is 126. The molecule has 0 bridgehead atoms. The summed E-state index contributed by atoms with van der Waals surface area (Å²) in [6.45, 7) is -0.157. The van der Waals surface area contributed by atoms with Crippen molar-refractivity contribution in [3.8, 4) is 0 Å². The average molecular weight is 108 g/mol. The predicted molar refractivity (Wildman–Crippen MR) is 20.4 cm³/mol. The van der Waals surface area contributed by atoms with Crippen LogP contribution in [0.2, 0.25) is 0 Å². The Kier molecular flexibility index (Phi) is 2.60. The smallest absolute Gasteiger partial charge is 0.311 e. The van der Waals surface area contributed by atoms with Crippen LogP contribution in [0.1, 0.15) is 0 Å². The monoisotopic (exact) mass is 108 g/mol. The fraction of sp³-hybridized carbons (Fsp3) is 1.00. The van der Waals surface area contributed by atoms with Gasteiger partial charge in [-0.15, -0.1) is 0 Å². The van der Waals surface area contributed by atoms with E-state index in [4.69, 9.17) is 0 Å². The van der Waals surface area contributed by atoms with Gasteiger partial charge in [0.1, 0.15) is 6.67 Å². The molecular formula is CH4N2O2S. The molecule has 0 heterocycles. The van der Waals surface area contributed by atoms with Crippen molar-refractivity contribution in [3.63, 3.8) is 0 Å². The molecule has 5 heteroatoms. The van der Waals surface area contributed by atoms with E-state index in [1.54, 1.807) is 0 Å². The lowest BCUT2D eigenvalue weighted by molar-refractivity contribution is 0.620. The zero-order valence-corrected chi connectivity index (χ0v) is 3.77. The molecule has 0 aromatic rings. The van der Waals surface area contributed by atoms with E-state index in [1.807, 2.05) is 0 Å². The van der Waals surface area contributed by atoms with Gasteiger partial charge in [0.05, 0.1) is 0 Å². The van der Waals surface area contributed by atoms with Crippen LogP contribution in [0.5, 0.6) is 0 Å². The zero-order chi connectivity index (χ0) is 4.99. The van der Waals surface area contributed by atoms with Gasteiger partial charge in [0.25, 0.3) is 0 Å². The first-order chi connectivity index (χ1) is 2.77. The van der Waals surface area contributed by atoms with Crippen molar-refractivity contribution < 1.29 is 8.42 Å². The standard InChI is InChI=1S/CH4N2O2S/c2-1-3-6(4)5/h1-2H2. The number of rotatable bonds is 1. The molecule has 4 nitrogen and oxygen atoms in total. The molecule has 36 valence electrons. The molecular weight excluding hydrogens is 104 g/mol. The van der Waals surface area contributed by atoms with Crippen LogP contribution in [0.15, 0.2) is 4.36 Å². The quantitative estimate of drug-likeness (QED) is 0.466. The van der Waals surface area contributed by atoms with Gasteiger partial charge in [0, 0.05) is 0 Å². The van der Waals surface area contributed by atoms with Crippen molar-refractivity contribution in [2.45, 2.75) is 0 Å². The van der Waals surface area contributed by atoms with Gasteiger partial charge in [-0.25, -0.2) is 0 Å². The summed E-state index contributed by atoms with van der Waals surface area (Å²) in [5.41, 5.74) is 4.67. The highest BCUT2D eigenvalue weighted by Crippen LogP contribution is 1.49. The van der Waals surface area contributed by atoms with Crippen molar-refractivity contribution >= 4 is 10.5 Å². The highest BCUT2D eigenvalue weighted by Gasteiger charge is 1.59. The molecule has 0 aliphatic rings. The van der Waals surface area contributed by atoms with E-state index in [-0.39, 0.29) is 6.67 Å². The van der Waals surface area contributed by atoms with Gasteiger partial charge >= 0.3 is 10.5 Å². The third kappa shape index (κ3) is 3.58. The SMILES string of the molecule is NCN=S(=O)=O. The van der Waals surface area contributed by atoms with Gasteiger partial charge in [-0.1, -0.05) is 0 Å². The van der Waals surface area contributed by atoms with Crippen LogP contribution in [-0.2, 0) is 10.5 Å². The van der Waals surface area contributed by atoms with Crippen LogP contribution >= 0.6 is 0 Å². The van der Waals surface area contributed by atoms with Gasteiger partial charge in [-0.05, 0) is 0 Å². The molecule has 0 saturated carbocycles. The van der Waals surface area contributed by atoms with Gasteiger partial charge in [0.2, 0.25) is 0 Å². The molecule has 0 spiro atoms. The first-order valence-corrected chi connectivity index (χ1v) is 2.27. The Hall–Kier alpha value is -0.420. The minimum Gasteiger partial charge on any atom is -0.311 e. The molecule has 6 heavy (non-hydrogen) atoms. The fourth-order valence-electron chi connectivity index (χ4n) is 0.0609. The fourth-order valence-corrected chi connectivity index (χ4v) is 0.183. The van der Waals surface area contributed by atoms with Crippen LogP contribution in [0.4, 0.5) is 0 Å².